The number of nitrogen functional groups attached to an aromatic ring is 1. The molecule has 2 aromatic heterocycles. The molecule has 0 aliphatic heterocycles. The number of anilines is 1. The number of nitrogens with two attached hydrogens (primary N) is 1. The Balaban J connectivity index is 2.56. The summed E-state index contributed by atoms with van der Waals surface area (Å²) in [6.45, 7) is 0. The molecule has 0 unspecified atom stereocenters. The van der Waals surface area contributed by atoms with Crippen LogP contribution in [0.15, 0.2) is 29.6 Å². The lowest BCUT2D eigenvalue weighted by Crippen LogP contribution is -2.24. The number of hydrogen-bond donors (Lipinski definition) is 2. The zero-order chi connectivity index (χ0) is 10.1. The molecule has 0 aromatic carbocycles. The SMILES string of the molecule is C[n+]1ccn(-c2cc(=O)[nH]c(N)n2)c1. The largest absolute Gasteiger partial charge is 0.369 e. The maximum absolute atomic E-state index is 11.1. The minimum Gasteiger partial charge on any atom is -0.369 e. The monoisotopic (exact) mass is 192 g/mol. The summed E-state index contributed by atoms with van der Waals surface area (Å²) in [6, 6.07) is 1.39. The van der Waals surface area contributed by atoms with Crippen molar-refractivity contribution in [2.75, 3.05) is 5.73 Å². The fraction of sp³-hybridized carbons (Fsp3) is 0.125. The van der Waals surface area contributed by atoms with Gasteiger partial charge in [-0.2, -0.15) is 9.55 Å². The highest BCUT2D eigenvalue weighted by Crippen LogP contribution is 1.99. The van der Waals surface area contributed by atoms with E-state index in [-0.39, 0.29) is 11.5 Å². The van der Waals surface area contributed by atoms with Gasteiger partial charge in [-0.25, -0.2) is 4.57 Å². The number of hydrogen-bond acceptors (Lipinski definition) is 3. The van der Waals surface area contributed by atoms with Crippen LogP contribution in [0.4, 0.5) is 5.95 Å². The Morgan fingerprint density at radius 1 is 1.64 bits per heavy atom. The molecule has 0 saturated carbocycles. The van der Waals surface area contributed by atoms with Crippen LogP contribution in [0.3, 0.4) is 0 Å². The van der Waals surface area contributed by atoms with E-state index in [4.69, 9.17) is 5.73 Å². The molecule has 2 rings (SSSR count). The third kappa shape index (κ3) is 1.49. The fourth-order valence-electron chi connectivity index (χ4n) is 1.18. The van der Waals surface area contributed by atoms with Crippen molar-refractivity contribution >= 4 is 5.95 Å². The number of aromatic nitrogens is 4. The summed E-state index contributed by atoms with van der Waals surface area (Å²) >= 11 is 0. The normalized spacial score (nSPS) is 10.4. The van der Waals surface area contributed by atoms with Crippen LogP contribution in [0.5, 0.6) is 0 Å². The average Bonchev–Trinajstić information content (AvgIpc) is 2.50. The molecule has 0 amide bonds. The first-order valence-electron chi connectivity index (χ1n) is 4.05. The molecule has 0 aliphatic carbocycles. The summed E-state index contributed by atoms with van der Waals surface area (Å²) in [4.78, 5) is 17.5. The van der Waals surface area contributed by atoms with E-state index in [9.17, 15) is 4.79 Å². The quantitative estimate of drug-likeness (QED) is 0.567. The van der Waals surface area contributed by atoms with Gasteiger partial charge in [-0.15, -0.1) is 0 Å². The molecular weight excluding hydrogens is 182 g/mol. The van der Waals surface area contributed by atoms with E-state index in [1.165, 1.54) is 6.07 Å². The van der Waals surface area contributed by atoms with Gasteiger partial charge in [0, 0.05) is 0 Å². The van der Waals surface area contributed by atoms with Gasteiger partial charge in [0.2, 0.25) is 18.1 Å². The van der Waals surface area contributed by atoms with Crippen molar-refractivity contribution in [3.8, 4) is 5.82 Å². The van der Waals surface area contributed by atoms with Gasteiger partial charge in [0.1, 0.15) is 12.4 Å². The van der Waals surface area contributed by atoms with Gasteiger partial charge in [-0.3, -0.25) is 9.78 Å². The molecule has 14 heavy (non-hydrogen) atoms. The molecule has 3 N–H and O–H groups in total. The highest BCUT2D eigenvalue weighted by molar-refractivity contribution is 5.27. The molecule has 0 bridgehead atoms. The molecule has 0 fully saturated rings. The van der Waals surface area contributed by atoms with Crippen molar-refractivity contribution in [1.82, 2.24) is 14.5 Å². The van der Waals surface area contributed by atoms with Crippen molar-refractivity contribution < 1.29 is 4.57 Å². The molecule has 0 saturated heterocycles. The molecule has 72 valence electrons. The standard InChI is InChI=1S/C8H9N5O/c1-12-2-3-13(5-12)6-4-7(14)11-8(9)10-6/h2-5H,1H3,(H2-,9,10,11,14)/p+1. The van der Waals surface area contributed by atoms with Crippen molar-refractivity contribution in [2.45, 2.75) is 0 Å². The van der Waals surface area contributed by atoms with Crippen LogP contribution < -0.4 is 15.9 Å². The smallest absolute Gasteiger partial charge is 0.256 e. The predicted octanol–water partition coefficient (Wildman–Crippen LogP) is -1.03. The Hall–Kier alpha value is -2.11. The number of nitrogens with zero attached hydrogens (tertiary/aromatic N) is 3. The van der Waals surface area contributed by atoms with Crippen LogP contribution in [0.25, 0.3) is 5.82 Å². The molecular formula is C8H10N5O+. The molecule has 2 heterocycles. The molecule has 0 aliphatic rings. The Labute approximate surface area is 79.6 Å². The first kappa shape index (κ1) is 8.49. The zero-order valence-electron chi connectivity index (χ0n) is 7.64. The van der Waals surface area contributed by atoms with Crippen LogP contribution in [0.2, 0.25) is 0 Å². The first-order valence-corrected chi connectivity index (χ1v) is 4.05. The summed E-state index contributed by atoms with van der Waals surface area (Å²) < 4.78 is 3.56. The van der Waals surface area contributed by atoms with Crippen LogP contribution in [-0.2, 0) is 7.05 Å². The van der Waals surface area contributed by atoms with E-state index < -0.39 is 0 Å². The Morgan fingerprint density at radius 2 is 2.43 bits per heavy atom. The van der Waals surface area contributed by atoms with Gasteiger partial charge in [0.25, 0.3) is 5.56 Å². The van der Waals surface area contributed by atoms with Crippen LogP contribution in [0, 0.1) is 0 Å². The number of H-pyrrole nitrogens is 1. The lowest BCUT2D eigenvalue weighted by molar-refractivity contribution is -0.670. The molecule has 0 spiro atoms. The van der Waals surface area contributed by atoms with E-state index in [0.29, 0.717) is 5.82 Å². The second-order valence-electron chi connectivity index (χ2n) is 2.98. The average molecular weight is 192 g/mol. The summed E-state index contributed by atoms with van der Waals surface area (Å²) in [5.74, 6) is 0.621. The molecule has 6 heteroatoms. The minimum atomic E-state index is -0.260. The van der Waals surface area contributed by atoms with Crippen molar-refractivity contribution in [1.29, 1.82) is 0 Å². The van der Waals surface area contributed by atoms with Gasteiger partial charge >= 0.3 is 0 Å². The Kier molecular flexibility index (Phi) is 1.81. The lowest BCUT2D eigenvalue weighted by atomic mass is 10.5. The highest BCUT2D eigenvalue weighted by Gasteiger charge is 2.07. The fourth-order valence-corrected chi connectivity index (χ4v) is 1.18. The summed E-state index contributed by atoms with van der Waals surface area (Å²) in [5, 5.41) is 0. The van der Waals surface area contributed by atoms with E-state index in [1.54, 1.807) is 17.1 Å². The maximum atomic E-state index is 11.1. The number of aryl methyl sites for hydroxylation is 1. The maximum Gasteiger partial charge on any atom is 0.256 e. The second-order valence-corrected chi connectivity index (χ2v) is 2.98. The zero-order valence-corrected chi connectivity index (χ0v) is 7.64. The molecule has 0 radical (unpaired) electrons. The summed E-state index contributed by atoms with van der Waals surface area (Å²) in [7, 11) is 1.88. The third-order valence-corrected chi connectivity index (χ3v) is 1.78. The van der Waals surface area contributed by atoms with Crippen molar-refractivity contribution in [2.24, 2.45) is 7.05 Å². The van der Waals surface area contributed by atoms with Crippen LogP contribution >= 0.6 is 0 Å². The molecule has 6 nitrogen and oxygen atoms in total. The second kappa shape index (κ2) is 2.99. The van der Waals surface area contributed by atoms with Crippen LogP contribution in [-0.4, -0.2) is 14.5 Å². The third-order valence-electron chi connectivity index (χ3n) is 1.78. The van der Waals surface area contributed by atoms with Gasteiger partial charge in [0.15, 0.2) is 0 Å². The number of aromatic amines is 1. The van der Waals surface area contributed by atoms with E-state index in [0.717, 1.165) is 0 Å². The van der Waals surface area contributed by atoms with E-state index in [2.05, 4.69) is 9.97 Å². The topological polar surface area (TPSA) is 80.6 Å². The van der Waals surface area contributed by atoms with Gasteiger partial charge < -0.3 is 5.73 Å². The van der Waals surface area contributed by atoms with Gasteiger partial charge in [0.05, 0.1) is 13.1 Å². The van der Waals surface area contributed by atoms with E-state index in [1.807, 2.05) is 17.8 Å². The highest BCUT2D eigenvalue weighted by atomic mass is 16.1. The van der Waals surface area contributed by atoms with E-state index >= 15 is 0 Å². The van der Waals surface area contributed by atoms with Crippen molar-refractivity contribution in [3.63, 3.8) is 0 Å². The van der Waals surface area contributed by atoms with Crippen molar-refractivity contribution in [3.05, 3.63) is 35.1 Å². The number of rotatable bonds is 1. The number of imidazole rings is 1. The molecule has 0 atom stereocenters. The summed E-state index contributed by atoms with van der Waals surface area (Å²) in [6.07, 6.45) is 5.43. The first-order chi connectivity index (χ1) is 6.65. The summed E-state index contributed by atoms with van der Waals surface area (Å²) in [5.41, 5.74) is 5.16. The predicted molar refractivity (Wildman–Crippen MR) is 49.8 cm³/mol. The Morgan fingerprint density at radius 3 is 3.00 bits per heavy atom. The Bertz CT molecular complexity index is 512. The van der Waals surface area contributed by atoms with Crippen LogP contribution in [0.1, 0.15) is 0 Å². The number of nitrogens with one attached hydrogen (secondary N) is 1. The molecule has 2 aromatic rings. The lowest BCUT2D eigenvalue weighted by Gasteiger charge is -1.94. The van der Waals surface area contributed by atoms with Gasteiger partial charge in [-0.1, -0.05) is 0 Å². The van der Waals surface area contributed by atoms with Gasteiger partial charge in [-0.05, 0) is 0 Å². The minimum absolute atomic E-state index is 0.115.